The zero-order valence-corrected chi connectivity index (χ0v) is 6.57. The molecule has 12 heavy (non-hydrogen) atoms. The van der Waals surface area contributed by atoms with Gasteiger partial charge in [0.1, 0.15) is 5.69 Å². The Hall–Kier alpha value is -1.71. The van der Waals surface area contributed by atoms with Gasteiger partial charge in [-0.25, -0.2) is 0 Å². The van der Waals surface area contributed by atoms with Gasteiger partial charge in [-0.15, -0.1) is 4.91 Å². The van der Waals surface area contributed by atoms with Crippen LogP contribution in [-0.4, -0.2) is 5.91 Å². The summed E-state index contributed by atoms with van der Waals surface area (Å²) in [4.78, 5) is 20.8. The number of amides is 1. The van der Waals surface area contributed by atoms with Crippen LogP contribution in [0.3, 0.4) is 0 Å². The quantitative estimate of drug-likeness (QED) is 0.672. The first kappa shape index (κ1) is 8.39. The van der Waals surface area contributed by atoms with E-state index < -0.39 is 5.91 Å². The molecule has 0 aromatic heterocycles. The number of carbonyl (C=O) groups excluding carboxylic acids is 1. The van der Waals surface area contributed by atoms with Crippen LogP contribution in [0, 0.1) is 11.8 Å². The predicted octanol–water partition coefficient (Wildman–Crippen LogP) is 1.49. The molecule has 4 nitrogen and oxygen atoms in total. The van der Waals surface area contributed by atoms with Gasteiger partial charge in [-0.05, 0) is 35.9 Å². The van der Waals surface area contributed by atoms with E-state index in [1.165, 1.54) is 12.1 Å². The normalized spacial score (nSPS) is 9.42. The van der Waals surface area contributed by atoms with Crippen LogP contribution in [0.5, 0.6) is 0 Å². The standard InChI is InChI=1S/C8H8N2O2/c1-5-4-6(8(9)11)2-3-7(5)10-12/h2-4H,1H3,(H2,9,11). The summed E-state index contributed by atoms with van der Waals surface area (Å²) in [5.41, 5.74) is 6.40. The molecule has 1 aromatic carbocycles. The van der Waals surface area contributed by atoms with Gasteiger partial charge in [0.25, 0.3) is 0 Å². The monoisotopic (exact) mass is 164 g/mol. The second-order valence-corrected chi connectivity index (χ2v) is 2.46. The van der Waals surface area contributed by atoms with Crippen LogP contribution in [-0.2, 0) is 0 Å². The Morgan fingerprint density at radius 1 is 1.50 bits per heavy atom. The van der Waals surface area contributed by atoms with Gasteiger partial charge in [0, 0.05) is 5.56 Å². The molecule has 1 amide bonds. The van der Waals surface area contributed by atoms with Gasteiger partial charge in [-0.2, -0.15) is 0 Å². The fourth-order valence-corrected chi connectivity index (χ4v) is 0.911. The minimum Gasteiger partial charge on any atom is -0.366 e. The molecule has 62 valence electrons. The molecule has 1 rings (SSSR count). The van der Waals surface area contributed by atoms with Crippen LogP contribution < -0.4 is 5.73 Å². The topological polar surface area (TPSA) is 72.5 Å². The number of benzene rings is 1. The zero-order chi connectivity index (χ0) is 9.14. The summed E-state index contributed by atoms with van der Waals surface area (Å²) < 4.78 is 0. The molecule has 0 unspecified atom stereocenters. The van der Waals surface area contributed by atoms with Gasteiger partial charge in [-0.1, -0.05) is 0 Å². The maximum Gasteiger partial charge on any atom is 0.248 e. The van der Waals surface area contributed by atoms with Crippen molar-refractivity contribution < 1.29 is 4.79 Å². The van der Waals surface area contributed by atoms with Gasteiger partial charge in [-0.3, -0.25) is 4.79 Å². The number of nitrogens with zero attached hydrogens (tertiary/aromatic N) is 1. The van der Waals surface area contributed by atoms with E-state index in [2.05, 4.69) is 5.18 Å². The lowest BCUT2D eigenvalue weighted by molar-refractivity contribution is 0.100. The van der Waals surface area contributed by atoms with Crippen molar-refractivity contribution in [3.05, 3.63) is 34.2 Å². The van der Waals surface area contributed by atoms with Gasteiger partial charge in [0.15, 0.2) is 0 Å². The van der Waals surface area contributed by atoms with Crippen LogP contribution in [0.15, 0.2) is 23.4 Å². The highest BCUT2D eigenvalue weighted by molar-refractivity contribution is 5.93. The Kier molecular flexibility index (Phi) is 2.19. The lowest BCUT2D eigenvalue weighted by atomic mass is 10.1. The van der Waals surface area contributed by atoms with Crippen molar-refractivity contribution in [2.75, 3.05) is 0 Å². The molecular weight excluding hydrogens is 156 g/mol. The lowest BCUT2D eigenvalue weighted by Gasteiger charge is -1.98. The van der Waals surface area contributed by atoms with E-state index in [4.69, 9.17) is 5.73 Å². The van der Waals surface area contributed by atoms with Crippen molar-refractivity contribution in [1.82, 2.24) is 0 Å². The molecule has 4 heteroatoms. The fraction of sp³-hybridized carbons (Fsp3) is 0.125. The number of nitrogens with two attached hydrogens (primary N) is 1. The van der Waals surface area contributed by atoms with Crippen molar-refractivity contribution in [1.29, 1.82) is 0 Å². The Labute approximate surface area is 69.4 Å². The molecule has 0 bridgehead atoms. The summed E-state index contributed by atoms with van der Waals surface area (Å²) in [5, 5.41) is 2.77. The number of nitroso groups, excluding NO2 is 1. The maximum atomic E-state index is 10.7. The van der Waals surface area contributed by atoms with Gasteiger partial charge < -0.3 is 5.73 Å². The first-order valence-electron chi connectivity index (χ1n) is 3.39. The van der Waals surface area contributed by atoms with Crippen molar-refractivity contribution in [2.24, 2.45) is 10.9 Å². The van der Waals surface area contributed by atoms with Crippen LogP contribution in [0.4, 0.5) is 5.69 Å². The highest BCUT2D eigenvalue weighted by atomic mass is 16.3. The SMILES string of the molecule is Cc1cc(C(N)=O)ccc1N=O. The Morgan fingerprint density at radius 3 is 2.58 bits per heavy atom. The summed E-state index contributed by atoms with van der Waals surface area (Å²) >= 11 is 0. The van der Waals surface area contributed by atoms with Crippen molar-refractivity contribution in [2.45, 2.75) is 6.92 Å². The average Bonchev–Trinajstić information content (AvgIpc) is 2.04. The van der Waals surface area contributed by atoms with Crippen molar-refractivity contribution in [3.63, 3.8) is 0 Å². The maximum absolute atomic E-state index is 10.7. The molecule has 1 aromatic rings. The van der Waals surface area contributed by atoms with E-state index in [1.54, 1.807) is 13.0 Å². The molecule has 0 saturated carbocycles. The third kappa shape index (κ3) is 1.47. The second-order valence-electron chi connectivity index (χ2n) is 2.46. The minimum absolute atomic E-state index is 0.333. The van der Waals surface area contributed by atoms with Crippen LogP contribution >= 0.6 is 0 Å². The average molecular weight is 164 g/mol. The van der Waals surface area contributed by atoms with E-state index in [0.717, 1.165) is 0 Å². The molecule has 0 spiro atoms. The highest BCUT2D eigenvalue weighted by Crippen LogP contribution is 2.18. The van der Waals surface area contributed by atoms with E-state index in [9.17, 15) is 9.70 Å². The lowest BCUT2D eigenvalue weighted by Crippen LogP contribution is -2.10. The zero-order valence-electron chi connectivity index (χ0n) is 6.57. The Morgan fingerprint density at radius 2 is 2.17 bits per heavy atom. The Balaban J connectivity index is 3.18. The van der Waals surface area contributed by atoms with Gasteiger partial charge in [0.05, 0.1) is 0 Å². The third-order valence-corrected chi connectivity index (χ3v) is 1.58. The largest absolute Gasteiger partial charge is 0.366 e. The molecule has 0 radical (unpaired) electrons. The van der Waals surface area contributed by atoms with E-state index in [0.29, 0.717) is 16.8 Å². The predicted molar refractivity (Wildman–Crippen MR) is 45.2 cm³/mol. The van der Waals surface area contributed by atoms with E-state index in [1.807, 2.05) is 0 Å². The number of aryl methyl sites for hydroxylation is 1. The first-order chi connectivity index (χ1) is 5.65. The molecule has 0 aliphatic carbocycles. The minimum atomic E-state index is -0.504. The number of primary amides is 1. The summed E-state index contributed by atoms with van der Waals surface area (Å²) in [6.07, 6.45) is 0. The third-order valence-electron chi connectivity index (χ3n) is 1.58. The van der Waals surface area contributed by atoms with Crippen molar-refractivity contribution >= 4 is 11.6 Å². The molecule has 0 aliphatic rings. The summed E-state index contributed by atoms with van der Waals surface area (Å²) in [5.74, 6) is -0.504. The van der Waals surface area contributed by atoms with Gasteiger partial charge in [0.2, 0.25) is 5.91 Å². The number of hydrogen-bond donors (Lipinski definition) is 1. The molecule has 0 saturated heterocycles. The molecule has 0 atom stereocenters. The van der Waals surface area contributed by atoms with E-state index >= 15 is 0 Å². The second kappa shape index (κ2) is 3.13. The molecular formula is C8H8N2O2. The van der Waals surface area contributed by atoms with E-state index in [-0.39, 0.29) is 0 Å². The van der Waals surface area contributed by atoms with Crippen LogP contribution in [0.2, 0.25) is 0 Å². The molecule has 0 aliphatic heterocycles. The molecule has 0 heterocycles. The number of carbonyl (C=O) groups is 1. The number of hydrogen-bond acceptors (Lipinski definition) is 3. The van der Waals surface area contributed by atoms with Crippen LogP contribution in [0.25, 0.3) is 0 Å². The number of rotatable bonds is 2. The first-order valence-corrected chi connectivity index (χ1v) is 3.39. The van der Waals surface area contributed by atoms with Crippen LogP contribution in [0.1, 0.15) is 15.9 Å². The summed E-state index contributed by atoms with van der Waals surface area (Å²) in [7, 11) is 0. The highest BCUT2D eigenvalue weighted by Gasteiger charge is 2.03. The fourth-order valence-electron chi connectivity index (χ4n) is 0.911. The smallest absolute Gasteiger partial charge is 0.248 e. The van der Waals surface area contributed by atoms with Gasteiger partial charge >= 0.3 is 0 Å². The summed E-state index contributed by atoms with van der Waals surface area (Å²) in [6.45, 7) is 1.70. The van der Waals surface area contributed by atoms with Crippen molar-refractivity contribution in [3.8, 4) is 0 Å². The summed E-state index contributed by atoms with van der Waals surface area (Å²) in [6, 6.07) is 4.49. The molecule has 0 fully saturated rings. The molecule has 2 N–H and O–H groups in total. The Bertz CT molecular complexity index is 334.